The van der Waals surface area contributed by atoms with Gasteiger partial charge in [-0.2, -0.15) is 5.10 Å². The van der Waals surface area contributed by atoms with Gasteiger partial charge in [-0.05, 0) is 18.4 Å². The zero-order chi connectivity index (χ0) is 13.0. The molecule has 2 heterocycles. The van der Waals surface area contributed by atoms with E-state index < -0.39 is 6.10 Å². The van der Waals surface area contributed by atoms with Crippen LogP contribution in [0.3, 0.4) is 0 Å². The molecule has 18 heavy (non-hydrogen) atoms. The van der Waals surface area contributed by atoms with Crippen LogP contribution in [0, 0.1) is 0 Å². The summed E-state index contributed by atoms with van der Waals surface area (Å²) in [5, 5.41) is 14.1. The molecule has 2 atom stereocenters. The molecule has 0 fully saturated rings. The second-order valence-electron chi connectivity index (χ2n) is 4.10. The number of thioether (sulfide) groups is 1. The fraction of sp³-hybridized carbons (Fsp3) is 0.417. The highest BCUT2D eigenvalue weighted by Crippen LogP contribution is 2.20. The van der Waals surface area contributed by atoms with Crippen molar-refractivity contribution in [2.75, 3.05) is 6.26 Å². The van der Waals surface area contributed by atoms with Crippen LogP contribution >= 0.6 is 11.8 Å². The number of rotatable bonds is 5. The summed E-state index contributed by atoms with van der Waals surface area (Å²) in [4.78, 5) is 9.35. The number of aromatic nitrogens is 4. The van der Waals surface area contributed by atoms with E-state index in [0.717, 1.165) is 10.6 Å². The van der Waals surface area contributed by atoms with Crippen LogP contribution in [0.1, 0.15) is 18.5 Å². The van der Waals surface area contributed by atoms with E-state index >= 15 is 0 Å². The number of hydrogen-bond donors (Lipinski definition) is 1. The van der Waals surface area contributed by atoms with Gasteiger partial charge in [0.2, 0.25) is 0 Å². The van der Waals surface area contributed by atoms with Gasteiger partial charge in [0.25, 0.3) is 0 Å². The molecule has 2 aromatic rings. The quantitative estimate of drug-likeness (QED) is 0.830. The maximum absolute atomic E-state index is 10.1. The van der Waals surface area contributed by atoms with Crippen molar-refractivity contribution >= 4 is 11.8 Å². The van der Waals surface area contributed by atoms with Crippen LogP contribution in [-0.2, 0) is 6.54 Å². The fourth-order valence-corrected chi connectivity index (χ4v) is 2.02. The first-order chi connectivity index (χ1) is 8.70. The average Bonchev–Trinajstić information content (AvgIpc) is 2.91. The van der Waals surface area contributed by atoms with Gasteiger partial charge in [-0.15, -0.1) is 11.8 Å². The number of nitrogens with zero attached hydrogens (tertiary/aromatic N) is 4. The highest BCUT2D eigenvalue weighted by atomic mass is 32.2. The maximum Gasteiger partial charge on any atom is 0.137 e. The summed E-state index contributed by atoms with van der Waals surface area (Å²) in [6, 6.07) is 3.98. The number of pyridine rings is 1. The fourth-order valence-electron chi connectivity index (χ4n) is 1.66. The number of hydrogen-bond acceptors (Lipinski definition) is 5. The van der Waals surface area contributed by atoms with Crippen molar-refractivity contribution in [1.82, 2.24) is 19.7 Å². The molecule has 0 amide bonds. The van der Waals surface area contributed by atoms with Crippen LogP contribution in [-0.4, -0.2) is 37.2 Å². The first-order valence-electron chi connectivity index (χ1n) is 5.71. The predicted molar refractivity (Wildman–Crippen MR) is 70.5 cm³/mol. The minimum atomic E-state index is -0.528. The maximum atomic E-state index is 10.1. The van der Waals surface area contributed by atoms with E-state index in [9.17, 15) is 5.11 Å². The molecule has 96 valence electrons. The van der Waals surface area contributed by atoms with Gasteiger partial charge in [-0.25, -0.2) is 4.98 Å². The Bertz CT molecular complexity index is 471. The van der Waals surface area contributed by atoms with Gasteiger partial charge in [0.1, 0.15) is 12.7 Å². The standard InChI is InChI=1S/C12H16N4OS/c1-9(11-4-3-10(18-2)5-14-11)12(17)6-16-8-13-7-15-16/h3-5,7-9,12,17H,6H2,1-2H3. The van der Waals surface area contributed by atoms with Gasteiger partial charge in [-0.1, -0.05) is 6.92 Å². The largest absolute Gasteiger partial charge is 0.391 e. The predicted octanol–water partition coefficient (Wildman–Crippen LogP) is 1.56. The molecule has 0 aromatic carbocycles. The Hall–Kier alpha value is -1.40. The van der Waals surface area contributed by atoms with Gasteiger partial charge < -0.3 is 5.11 Å². The topological polar surface area (TPSA) is 63.8 Å². The average molecular weight is 264 g/mol. The van der Waals surface area contributed by atoms with Gasteiger partial charge >= 0.3 is 0 Å². The molecule has 0 aliphatic carbocycles. The first-order valence-corrected chi connectivity index (χ1v) is 6.93. The molecule has 5 nitrogen and oxygen atoms in total. The highest BCUT2D eigenvalue weighted by molar-refractivity contribution is 7.98. The Morgan fingerprint density at radius 3 is 2.83 bits per heavy atom. The summed E-state index contributed by atoms with van der Waals surface area (Å²) in [7, 11) is 0. The van der Waals surface area contributed by atoms with Crippen molar-refractivity contribution in [2.45, 2.75) is 30.4 Å². The second kappa shape index (κ2) is 5.97. The molecule has 0 aliphatic rings. The summed E-state index contributed by atoms with van der Waals surface area (Å²) in [5.41, 5.74) is 0.889. The summed E-state index contributed by atoms with van der Waals surface area (Å²) < 4.78 is 1.62. The first kappa shape index (κ1) is 13.0. The Kier molecular flexibility index (Phi) is 4.33. The van der Waals surface area contributed by atoms with Gasteiger partial charge in [0, 0.05) is 22.7 Å². The third-order valence-electron chi connectivity index (χ3n) is 2.88. The van der Waals surface area contributed by atoms with Crippen LogP contribution in [0.2, 0.25) is 0 Å². The molecule has 2 unspecified atom stereocenters. The van der Waals surface area contributed by atoms with Crippen LogP contribution in [0.5, 0.6) is 0 Å². The Morgan fingerprint density at radius 2 is 2.28 bits per heavy atom. The van der Waals surface area contributed by atoms with E-state index in [1.807, 2.05) is 31.5 Å². The van der Waals surface area contributed by atoms with E-state index in [1.54, 1.807) is 22.8 Å². The van der Waals surface area contributed by atoms with Crippen molar-refractivity contribution in [2.24, 2.45) is 0 Å². The summed E-state index contributed by atoms with van der Waals surface area (Å²) in [6.45, 7) is 2.38. The normalized spacial score (nSPS) is 14.4. The van der Waals surface area contributed by atoms with Gasteiger partial charge in [0.15, 0.2) is 0 Å². The molecule has 6 heteroatoms. The van der Waals surface area contributed by atoms with E-state index in [4.69, 9.17) is 0 Å². The van der Waals surface area contributed by atoms with E-state index in [1.165, 1.54) is 6.33 Å². The molecule has 0 spiro atoms. The molecule has 2 rings (SSSR count). The summed E-state index contributed by atoms with van der Waals surface area (Å²) in [6.07, 6.45) is 6.38. The van der Waals surface area contributed by atoms with E-state index in [-0.39, 0.29) is 5.92 Å². The van der Waals surface area contributed by atoms with E-state index in [2.05, 4.69) is 15.1 Å². The SMILES string of the molecule is CSc1ccc(C(C)C(O)Cn2cncn2)nc1. The minimum Gasteiger partial charge on any atom is -0.391 e. The summed E-state index contributed by atoms with van der Waals surface area (Å²) >= 11 is 1.65. The molecule has 1 N–H and O–H groups in total. The molecule has 2 aromatic heterocycles. The molecule has 0 radical (unpaired) electrons. The molecule has 0 saturated carbocycles. The van der Waals surface area contributed by atoms with Crippen LogP contribution < -0.4 is 0 Å². The second-order valence-corrected chi connectivity index (χ2v) is 4.98. The number of aliphatic hydroxyl groups is 1. The molecule has 0 bridgehead atoms. The molecular formula is C12H16N4OS. The van der Waals surface area contributed by atoms with Crippen LogP contribution in [0.25, 0.3) is 0 Å². The minimum absolute atomic E-state index is 0.0369. The lowest BCUT2D eigenvalue weighted by atomic mass is 10.0. The van der Waals surface area contributed by atoms with Crippen LogP contribution in [0.15, 0.2) is 35.9 Å². The van der Waals surface area contributed by atoms with Gasteiger partial charge in [0.05, 0.1) is 12.6 Å². The lowest BCUT2D eigenvalue weighted by Crippen LogP contribution is -2.23. The van der Waals surface area contributed by atoms with Crippen molar-refractivity contribution in [3.05, 3.63) is 36.7 Å². The van der Waals surface area contributed by atoms with Crippen molar-refractivity contribution in [3.63, 3.8) is 0 Å². The highest BCUT2D eigenvalue weighted by Gasteiger charge is 2.18. The molecule has 0 saturated heterocycles. The Morgan fingerprint density at radius 1 is 1.44 bits per heavy atom. The smallest absolute Gasteiger partial charge is 0.137 e. The van der Waals surface area contributed by atoms with E-state index in [0.29, 0.717) is 6.54 Å². The van der Waals surface area contributed by atoms with Crippen molar-refractivity contribution in [3.8, 4) is 0 Å². The van der Waals surface area contributed by atoms with Crippen molar-refractivity contribution in [1.29, 1.82) is 0 Å². The van der Waals surface area contributed by atoms with Gasteiger partial charge in [-0.3, -0.25) is 9.67 Å². The lowest BCUT2D eigenvalue weighted by molar-refractivity contribution is 0.124. The zero-order valence-electron chi connectivity index (χ0n) is 10.4. The molecule has 0 aliphatic heterocycles. The number of aliphatic hydroxyl groups excluding tert-OH is 1. The zero-order valence-corrected chi connectivity index (χ0v) is 11.2. The Balaban J connectivity index is 2.02. The van der Waals surface area contributed by atoms with Crippen LogP contribution in [0.4, 0.5) is 0 Å². The summed E-state index contributed by atoms with van der Waals surface area (Å²) in [5.74, 6) is -0.0369. The monoisotopic (exact) mass is 264 g/mol. The Labute approximate surface area is 110 Å². The lowest BCUT2D eigenvalue weighted by Gasteiger charge is -2.18. The third-order valence-corrected chi connectivity index (χ3v) is 3.59. The van der Waals surface area contributed by atoms with Crippen molar-refractivity contribution < 1.29 is 5.11 Å². The molecular weight excluding hydrogens is 248 g/mol. The third kappa shape index (κ3) is 3.08.